The third-order valence-corrected chi connectivity index (χ3v) is 4.81. The van der Waals surface area contributed by atoms with Gasteiger partial charge in [0.1, 0.15) is 18.0 Å². The number of carbonyl (C=O) groups excluding carboxylic acids is 1. The molecule has 0 spiro atoms. The summed E-state index contributed by atoms with van der Waals surface area (Å²) in [5.41, 5.74) is 0.360. The van der Waals surface area contributed by atoms with Crippen molar-refractivity contribution < 1.29 is 24.1 Å². The van der Waals surface area contributed by atoms with E-state index in [1.807, 2.05) is 19.0 Å². The van der Waals surface area contributed by atoms with Crippen LogP contribution in [0, 0.1) is 27.2 Å². The molecule has 0 aliphatic carbocycles. The molecule has 170 valence electrons. The minimum absolute atomic E-state index is 0.00926. The summed E-state index contributed by atoms with van der Waals surface area (Å²) in [7, 11) is 6.98. The van der Waals surface area contributed by atoms with Crippen molar-refractivity contribution in [2.24, 2.45) is 0 Å². The van der Waals surface area contributed by atoms with Gasteiger partial charge in [-0.2, -0.15) is 0 Å². The van der Waals surface area contributed by atoms with Crippen LogP contribution in [0.15, 0.2) is 33.7 Å². The summed E-state index contributed by atoms with van der Waals surface area (Å²) in [6, 6.07) is 0. The molecule has 2 rings (SSSR count). The maximum absolute atomic E-state index is 10.4. The molecule has 0 aliphatic rings. The number of ether oxygens (including phenoxy) is 2. The van der Waals surface area contributed by atoms with Crippen LogP contribution in [-0.4, -0.2) is 65.7 Å². The summed E-state index contributed by atoms with van der Waals surface area (Å²) in [6.07, 6.45) is 5.34. The van der Waals surface area contributed by atoms with E-state index >= 15 is 0 Å². The Morgan fingerprint density at radius 2 is 1.42 bits per heavy atom. The fraction of sp³-hybridized carbons (Fsp3) is 0.353. The zero-order valence-electron chi connectivity index (χ0n) is 17.3. The zero-order valence-corrected chi connectivity index (χ0v) is 20.5. The Morgan fingerprint density at radius 1 is 0.968 bits per heavy atom. The van der Waals surface area contributed by atoms with E-state index < -0.39 is 9.85 Å². The summed E-state index contributed by atoms with van der Waals surface area (Å²) in [6.45, 7) is 1.67. The second kappa shape index (κ2) is 14.6. The summed E-state index contributed by atoms with van der Waals surface area (Å²) in [4.78, 5) is 39.0. The maximum atomic E-state index is 10.4. The predicted octanol–water partition coefficient (Wildman–Crippen LogP) is 3.75. The molecule has 0 bridgehead atoms. The van der Waals surface area contributed by atoms with Gasteiger partial charge in [-0.05, 0) is 52.9 Å². The van der Waals surface area contributed by atoms with Gasteiger partial charge in [0.05, 0.1) is 14.3 Å². The molecule has 2 aromatic heterocycles. The van der Waals surface area contributed by atoms with Crippen molar-refractivity contribution in [3.8, 4) is 0 Å². The number of pyridine rings is 2. The van der Waals surface area contributed by atoms with E-state index in [4.69, 9.17) is 9.47 Å². The molecule has 0 amide bonds. The lowest BCUT2D eigenvalue weighted by Crippen LogP contribution is -2.30. The molecule has 2 aromatic rings. The van der Waals surface area contributed by atoms with Crippen LogP contribution in [0.4, 0.5) is 11.4 Å². The molecule has 2 heterocycles. The van der Waals surface area contributed by atoms with Crippen LogP contribution in [0.1, 0.15) is 15.9 Å². The van der Waals surface area contributed by atoms with Gasteiger partial charge in [0.25, 0.3) is 11.4 Å². The molecular weight excluding hydrogens is 546 g/mol. The number of aldehydes is 1. The SMILES string of the molecule is COC(OC)N(C)C.Cc1c(Br)cncc1[N+](=O)[O-].O=Cc1c(Br)cncc1[N+](=O)[O-]. The van der Waals surface area contributed by atoms with E-state index in [9.17, 15) is 25.0 Å². The average Bonchev–Trinajstić information content (AvgIpc) is 2.71. The summed E-state index contributed by atoms with van der Waals surface area (Å²) < 4.78 is 10.7. The van der Waals surface area contributed by atoms with Crippen LogP contribution >= 0.6 is 31.9 Å². The zero-order chi connectivity index (χ0) is 24.1. The van der Waals surface area contributed by atoms with Crippen molar-refractivity contribution in [2.45, 2.75) is 13.3 Å². The van der Waals surface area contributed by atoms with Crippen LogP contribution < -0.4 is 0 Å². The van der Waals surface area contributed by atoms with E-state index in [-0.39, 0.29) is 23.4 Å². The van der Waals surface area contributed by atoms with E-state index in [0.29, 0.717) is 20.8 Å². The lowest BCUT2D eigenvalue weighted by molar-refractivity contribution is -0.385. The first kappa shape index (κ1) is 28.6. The molecule has 0 saturated heterocycles. The Kier molecular flexibility index (Phi) is 13.5. The number of hydrogen-bond donors (Lipinski definition) is 0. The molecule has 0 N–H and O–H groups in total. The van der Waals surface area contributed by atoms with Gasteiger partial charge >= 0.3 is 0 Å². The first-order valence-electron chi connectivity index (χ1n) is 8.21. The molecule has 0 atom stereocenters. The highest BCUT2D eigenvalue weighted by Crippen LogP contribution is 2.23. The van der Waals surface area contributed by atoms with Gasteiger partial charge in [-0.25, -0.2) is 0 Å². The van der Waals surface area contributed by atoms with E-state index in [0.717, 1.165) is 6.20 Å². The third kappa shape index (κ3) is 9.52. The van der Waals surface area contributed by atoms with Crippen LogP contribution in [0.5, 0.6) is 0 Å². The van der Waals surface area contributed by atoms with Crippen LogP contribution in [0.2, 0.25) is 0 Å². The van der Waals surface area contributed by atoms with Crippen molar-refractivity contribution in [2.75, 3.05) is 28.3 Å². The number of aromatic nitrogens is 2. The van der Waals surface area contributed by atoms with Crippen molar-refractivity contribution in [3.05, 3.63) is 65.1 Å². The van der Waals surface area contributed by atoms with E-state index in [1.54, 1.807) is 21.1 Å². The molecule has 0 saturated carbocycles. The highest BCUT2D eigenvalue weighted by Gasteiger charge is 2.15. The minimum Gasteiger partial charge on any atom is -0.343 e. The Labute approximate surface area is 195 Å². The molecular formula is C17H21Br2N5O7. The Hall–Kier alpha value is -2.39. The Bertz CT molecular complexity index is 895. The second-order valence-electron chi connectivity index (χ2n) is 5.69. The lowest BCUT2D eigenvalue weighted by atomic mass is 10.2. The Morgan fingerprint density at radius 3 is 1.71 bits per heavy atom. The van der Waals surface area contributed by atoms with Gasteiger partial charge < -0.3 is 9.47 Å². The van der Waals surface area contributed by atoms with Gasteiger partial charge in [0.2, 0.25) is 6.41 Å². The third-order valence-electron chi connectivity index (χ3n) is 3.38. The number of halogens is 2. The predicted molar refractivity (Wildman–Crippen MR) is 119 cm³/mol. The van der Waals surface area contributed by atoms with Gasteiger partial charge in [-0.3, -0.25) is 39.9 Å². The molecule has 0 fully saturated rings. The highest BCUT2D eigenvalue weighted by molar-refractivity contribution is 9.10. The van der Waals surface area contributed by atoms with Gasteiger partial charge in [-0.15, -0.1) is 0 Å². The quantitative estimate of drug-likeness (QED) is 0.219. The number of hydrogen-bond acceptors (Lipinski definition) is 10. The maximum Gasteiger partial charge on any atom is 0.299 e. The number of methoxy groups -OCH3 is 2. The smallest absolute Gasteiger partial charge is 0.299 e. The molecule has 14 heteroatoms. The molecule has 0 aliphatic heterocycles. The Balaban J connectivity index is 0.000000446. The van der Waals surface area contributed by atoms with Gasteiger partial charge in [0.15, 0.2) is 6.29 Å². The van der Waals surface area contributed by atoms with Crippen molar-refractivity contribution >= 4 is 49.5 Å². The second-order valence-corrected chi connectivity index (χ2v) is 7.40. The van der Waals surface area contributed by atoms with Crippen molar-refractivity contribution in [1.82, 2.24) is 14.9 Å². The number of rotatable bonds is 6. The van der Waals surface area contributed by atoms with E-state index in [1.165, 1.54) is 18.6 Å². The minimum atomic E-state index is -0.651. The highest BCUT2D eigenvalue weighted by atomic mass is 79.9. The normalized spacial score (nSPS) is 9.97. The standard InChI is InChI=1S/C6H3BrN2O3.C6H5BrN2O2.C5H13NO2/c7-5-1-8-2-6(9(11)12)4(5)3-10;1-4-5(7)2-8-3-6(4)9(10)11;1-6(2)5(7-3)8-4/h1-3H;2-3H,1H3;5H,1-4H3. The summed E-state index contributed by atoms with van der Waals surface area (Å²) in [5.74, 6) is 0. The van der Waals surface area contributed by atoms with Crippen molar-refractivity contribution in [3.63, 3.8) is 0 Å². The first-order chi connectivity index (χ1) is 14.5. The topological polar surface area (TPSA) is 151 Å². The summed E-state index contributed by atoms with van der Waals surface area (Å²) >= 11 is 6.12. The molecule has 0 unspecified atom stereocenters. The van der Waals surface area contributed by atoms with Crippen LogP contribution in [0.3, 0.4) is 0 Å². The van der Waals surface area contributed by atoms with Crippen LogP contribution in [0.25, 0.3) is 0 Å². The fourth-order valence-electron chi connectivity index (χ4n) is 1.89. The molecule has 0 aromatic carbocycles. The number of nitro groups is 2. The average molecular weight is 567 g/mol. The van der Waals surface area contributed by atoms with Gasteiger partial charge in [0, 0.05) is 36.6 Å². The van der Waals surface area contributed by atoms with Crippen LogP contribution in [-0.2, 0) is 9.47 Å². The molecule has 0 radical (unpaired) electrons. The van der Waals surface area contributed by atoms with Crippen molar-refractivity contribution in [1.29, 1.82) is 0 Å². The molecule has 31 heavy (non-hydrogen) atoms. The van der Waals surface area contributed by atoms with E-state index in [2.05, 4.69) is 41.8 Å². The fourth-order valence-corrected chi connectivity index (χ4v) is 2.62. The largest absolute Gasteiger partial charge is 0.343 e. The first-order valence-corrected chi connectivity index (χ1v) is 9.79. The number of nitrogens with zero attached hydrogens (tertiary/aromatic N) is 5. The lowest BCUT2D eigenvalue weighted by Gasteiger charge is -2.19. The molecule has 12 nitrogen and oxygen atoms in total. The van der Waals surface area contributed by atoms with Gasteiger partial charge in [-0.1, -0.05) is 0 Å². The number of carbonyl (C=O) groups is 1. The monoisotopic (exact) mass is 565 g/mol. The summed E-state index contributed by atoms with van der Waals surface area (Å²) in [5, 5.41) is 20.6.